The van der Waals surface area contributed by atoms with Crippen LogP contribution < -0.4 is 0 Å². The molecule has 4 aliphatic rings. The maximum absolute atomic E-state index is 12.4. The van der Waals surface area contributed by atoms with Crippen molar-refractivity contribution >= 4 is 11.6 Å². The fourth-order valence-electron chi connectivity index (χ4n) is 6.98. The van der Waals surface area contributed by atoms with E-state index < -0.39 is 0 Å². The van der Waals surface area contributed by atoms with Gasteiger partial charge in [-0.25, -0.2) is 0 Å². The highest BCUT2D eigenvalue weighted by molar-refractivity contribution is 5.87. The van der Waals surface area contributed by atoms with Gasteiger partial charge >= 0.3 is 0 Å². The fourth-order valence-corrected chi connectivity index (χ4v) is 6.98. The SMILES string of the molecule is C[C@]12CCC(=O)CC1C(N=O)C[C@@H]1[C@@H]2CC[C@]2(C)C(=O)CC[C@@H]12. The molecule has 4 aliphatic carbocycles. The lowest BCUT2D eigenvalue weighted by Crippen LogP contribution is -2.57. The van der Waals surface area contributed by atoms with Gasteiger partial charge in [-0.1, -0.05) is 19.0 Å². The highest BCUT2D eigenvalue weighted by atomic mass is 16.3. The van der Waals surface area contributed by atoms with Crippen molar-refractivity contribution < 1.29 is 9.59 Å². The van der Waals surface area contributed by atoms with Crippen LogP contribution in [-0.4, -0.2) is 17.6 Å². The van der Waals surface area contributed by atoms with Crippen LogP contribution in [0.5, 0.6) is 0 Å². The highest BCUT2D eigenvalue weighted by Crippen LogP contribution is 2.65. The maximum Gasteiger partial charge on any atom is 0.139 e. The Balaban J connectivity index is 1.72. The molecule has 0 N–H and O–H groups in total. The maximum atomic E-state index is 12.4. The molecule has 0 amide bonds. The molecule has 23 heavy (non-hydrogen) atoms. The molecule has 0 radical (unpaired) electrons. The van der Waals surface area contributed by atoms with E-state index in [1.54, 1.807) is 0 Å². The lowest BCUT2D eigenvalue weighted by atomic mass is 9.44. The van der Waals surface area contributed by atoms with Gasteiger partial charge in [0.2, 0.25) is 0 Å². The molecule has 0 aromatic rings. The molecule has 0 bridgehead atoms. The summed E-state index contributed by atoms with van der Waals surface area (Å²) < 4.78 is 0. The third kappa shape index (κ3) is 1.96. The minimum Gasteiger partial charge on any atom is -0.300 e. The van der Waals surface area contributed by atoms with E-state index in [9.17, 15) is 14.5 Å². The van der Waals surface area contributed by atoms with Crippen molar-refractivity contribution in [2.75, 3.05) is 0 Å². The zero-order chi connectivity index (χ0) is 16.4. The van der Waals surface area contributed by atoms with Crippen LogP contribution in [0.1, 0.15) is 65.2 Å². The predicted octanol–water partition coefficient (Wildman–Crippen LogP) is 3.91. The number of carbonyl (C=O) groups is 2. The number of ketones is 2. The van der Waals surface area contributed by atoms with Crippen LogP contribution in [0.25, 0.3) is 0 Å². The quantitative estimate of drug-likeness (QED) is 0.689. The Morgan fingerprint density at radius 1 is 1.00 bits per heavy atom. The largest absolute Gasteiger partial charge is 0.300 e. The summed E-state index contributed by atoms with van der Waals surface area (Å²) >= 11 is 0. The Hall–Kier alpha value is -1.06. The summed E-state index contributed by atoms with van der Waals surface area (Å²) in [5.41, 5.74) is -0.106. The lowest BCUT2D eigenvalue weighted by Gasteiger charge is -2.60. The van der Waals surface area contributed by atoms with Gasteiger partial charge in [0.05, 0.1) is 6.04 Å². The van der Waals surface area contributed by atoms with E-state index in [1.165, 1.54) is 0 Å². The van der Waals surface area contributed by atoms with Crippen molar-refractivity contribution in [1.82, 2.24) is 0 Å². The number of nitrogens with zero attached hydrogens (tertiary/aromatic N) is 1. The second-order valence-corrected chi connectivity index (χ2v) is 9.06. The van der Waals surface area contributed by atoms with Gasteiger partial charge < -0.3 is 0 Å². The molecule has 0 saturated heterocycles. The summed E-state index contributed by atoms with van der Waals surface area (Å²) in [6, 6.07) is -0.233. The Labute approximate surface area is 137 Å². The van der Waals surface area contributed by atoms with Crippen LogP contribution in [0.3, 0.4) is 0 Å². The van der Waals surface area contributed by atoms with E-state index in [-0.39, 0.29) is 22.8 Å². The Kier molecular flexibility index (Phi) is 3.34. The van der Waals surface area contributed by atoms with Crippen LogP contribution in [-0.2, 0) is 9.59 Å². The zero-order valence-electron chi connectivity index (χ0n) is 14.2. The third-order valence-electron chi connectivity index (χ3n) is 8.34. The van der Waals surface area contributed by atoms with Crippen LogP contribution in [0.15, 0.2) is 5.18 Å². The first-order valence-corrected chi connectivity index (χ1v) is 9.27. The van der Waals surface area contributed by atoms with Gasteiger partial charge in [-0.2, -0.15) is 4.91 Å². The van der Waals surface area contributed by atoms with Gasteiger partial charge in [0.1, 0.15) is 11.6 Å². The van der Waals surface area contributed by atoms with E-state index in [0.29, 0.717) is 48.6 Å². The van der Waals surface area contributed by atoms with Crippen molar-refractivity contribution in [3.8, 4) is 0 Å². The molecule has 0 spiro atoms. The molecular weight excluding hydrogens is 290 g/mol. The number of carbonyl (C=O) groups excluding carboxylic acids is 2. The molecule has 0 heterocycles. The number of nitroso groups, excluding NO2 is 1. The van der Waals surface area contributed by atoms with Gasteiger partial charge in [-0.3, -0.25) is 9.59 Å². The zero-order valence-corrected chi connectivity index (χ0v) is 14.2. The summed E-state index contributed by atoms with van der Waals surface area (Å²) in [6.45, 7) is 4.46. The van der Waals surface area contributed by atoms with Crippen LogP contribution in [0.2, 0.25) is 0 Å². The number of Topliss-reactive ketones (excluding diaryl/α,β-unsaturated/α-hetero) is 2. The van der Waals surface area contributed by atoms with Gasteiger partial charge in [-0.15, -0.1) is 0 Å². The molecule has 4 fully saturated rings. The number of hydrogen-bond acceptors (Lipinski definition) is 4. The summed E-state index contributed by atoms with van der Waals surface area (Å²) in [6.07, 6.45) is 6.67. The summed E-state index contributed by atoms with van der Waals surface area (Å²) in [7, 11) is 0. The molecule has 7 atom stereocenters. The predicted molar refractivity (Wildman–Crippen MR) is 86.7 cm³/mol. The van der Waals surface area contributed by atoms with Crippen LogP contribution >= 0.6 is 0 Å². The molecule has 4 saturated carbocycles. The number of rotatable bonds is 1. The van der Waals surface area contributed by atoms with E-state index in [0.717, 1.165) is 32.1 Å². The molecule has 0 aliphatic heterocycles. The molecular formula is C19H27NO3. The normalized spacial score (nSPS) is 52.5. The second kappa shape index (κ2) is 4.97. The first kappa shape index (κ1) is 15.5. The average molecular weight is 317 g/mol. The average Bonchev–Trinajstić information content (AvgIpc) is 2.83. The summed E-state index contributed by atoms with van der Waals surface area (Å²) in [5, 5.41) is 3.47. The Morgan fingerprint density at radius 2 is 1.78 bits per heavy atom. The smallest absolute Gasteiger partial charge is 0.139 e. The fraction of sp³-hybridized carbons (Fsp3) is 0.895. The monoisotopic (exact) mass is 317 g/mol. The minimum absolute atomic E-state index is 0.0579. The molecule has 126 valence electrons. The van der Waals surface area contributed by atoms with Crippen molar-refractivity contribution in [3.05, 3.63) is 4.91 Å². The minimum atomic E-state index is -0.233. The highest BCUT2D eigenvalue weighted by Gasteiger charge is 2.62. The number of hydrogen-bond donors (Lipinski definition) is 0. The van der Waals surface area contributed by atoms with Crippen molar-refractivity contribution in [2.45, 2.75) is 71.3 Å². The van der Waals surface area contributed by atoms with E-state index >= 15 is 0 Å². The van der Waals surface area contributed by atoms with E-state index in [2.05, 4.69) is 19.0 Å². The summed E-state index contributed by atoms with van der Waals surface area (Å²) in [4.78, 5) is 35.9. The molecule has 4 nitrogen and oxygen atoms in total. The van der Waals surface area contributed by atoms with Gasteiger partial charge in [-0.05, 0) is 61.2 Å². The van der Waals surface area contributed by atoms with Crippen LogP contribution in [0.4, 0.5) is 0 Å². The Morgan fingerprint density at radius 3 is 2.52 bits per heavy atom. The van der Waals surface area contributed by atoms with Crippen molar-refractivity contribution in [1.29, 1.82) is 0 Å². The lowest BCUT2D eigenvalue weighted by molar-refractivity contribution is -0.146. The van der Waals surface area contributed by atoms with Gasteiger partial charge in [0.25, 0.3) is 0 Å². The molecule has 0 aromatic carbocycles. The van der Waals surface area contributed by atoms with E-state index in [4.69, 9.17) is 0 Å². The van der Waals surface area contributed by atoms with Gasteiger partial charge in [0.15, 0.2) is 0 Å². The summed E-state index contributed by atoms with van der Waals surface area (Å²) in [5.74, 6) is 2.29. The molecule has 2 unspecified atom stereocenters. The molecule has 4 heteroatoms. The first-order valence-electron chi connectivity index (χ1n) is 9.27. The second-order valence-electron chi connectivity index (χ2n) is 9.06. The number of fused-ring (bicyclic) bond motifs is 5. The molecule has 0 aromatic heterocycles. The van der Waals surface area contributed by atoms with Crippen molar-refractivity contribution in [2.24, 2.45) is 39.7 Å². The van der Waals surface area contributed by atoms with Gasteiger partial charge in [0, 0.05) is 24.7 Å². The topological polar surface area (TPSA) is 63.6 Å². The third-order valence-corrected chi connectivity index (χ3v) is 8.34. The Bertz CT molecular complexity index is 573. The molecule has 4 rings (SSSR count). The standard InChI is InChI=1S/C19H27NO3/c1-18-7-5-11(21)9-15(18)16(20-23)10-12-13-3-4-17(22)19(13,2)8-6-14(12)18/h12-16H,3-10H2,1-2H3/t12-,13-,14-,15?,16?,18+,19-/m0/s1. The van der Waals surface area contributed by atoms with Crippen molar-refractivity contribution in [3.63, 3.8) is 0 Å². The van der Waals surface area contributed by atoms with Crippen LogP contribution in [0, 0.1) is 39.4 Å². The van der Waals surface area contributed by atoms with E-state index in [1.807, 2.05) is 0 Å². The first-order chi connectivity index (χ1) is 10.9.